The van der Waals surface area contributed by atoms with Crippen LogP contribution < -0.4 is 10.2 Å². The van der Waals surface area contributed by atoms with E-state index >= 15 is 0 Å². The molecule has 0 radical (unpaired) electrons. The Labute approximate surface area is 150 Å². The maximum atomic E-state index is 12.5. The van der Waals surface area contributed by atoms with Crippen LogP contribution in [0.4, 0.5) is 10.5 Å². The summed E-state index contributed by atoms with van der Waals surface area (Å²) in [5, 5.41) is 3.23. The third-order valence-corrected chi connectivity index (χ3v) is 5.63. The fourth-order valence-electron chi connectivity index (χ4n) is 3.80. The Morgan fingerprint density at radius 1 is 1.04 bits per heavy atom. The van der Waals surface area contributed by atoms with Gasteiger partial charge < -0.3 is 19.9 Å². The molecule has 2 amide bonds. The summed E-state index contributed by atoms with van der Waals surface area (Å²) >= 11 is 0. The maximum Gasteiger partial charge on any atom is 0.317 e. The van der Waals surface area contributed by atoms with Crippen molar-refractivity contribution < 1.29 is 9.53 Å². The number of urea groups is 1. The molecule has 136 valence electrons. The lowest BCUT2D eigenvalue weighted by atomic mass is 10.1. The number of carbonyl (C=O) groups excluding carboxylic acids is 1. The number of hydrogen-bond donors (Lipinski definition) is 1. The average Bonchev–Trinajstić information content (AvgIpc) is 3.38. The first-order valence-corrected chi connectivity index (χ1v) is 9.75. The fourth-order valence-corrected chi connectivity index (χ4v) is 3.80. The number of ether oxygens (including phenoxy) is 1. The zero-order chi connectivity index (χ0) is 17.1. The van der Waals surface area contributed by atoms with Crippen molar-refractivity contribution in [2.24, 2.45) is 5.92 Å². The lowest BCUT2D eigenvalue weighted by Gasteiger charge is -2.32. The van der Waals surface area contributed by atoms with Gasteiger partial charge in [0.25, 0.3) is 0 Å². The van der Waals surface area contributed by atoms with Gasteiger partial charge in [-0.1, -0.05) is 18.2 Å². The summed E-state index contributed by atoms with van der Waals surface area (Å²) < 4.78 is 5.97. The van der Waals surface area contributed by atoms with Crippen LogP contribution in [0.15, 0.2) is 30.3 Å². The fraction of sp³-hybridized carbons (Fsp3) is 0.650. The van der Waals surface area contributed by atoms with Crippen LogP contribution in [0.1, 0.15) is 32.1 Å². The minimum absolute atomic E-state index is 0.0977. The van der Waals surface area contributed by atoms with E-state index in [0.29, 0.717) is 6.10 Å². The lowest BCUT2D eigenvalue weighted by Crippen LogP contribution is -2.49. The Bertz CT molecular complexity index is 568. The van der Waals surface area contributed by atoms with Crippen molar-refractivity contribution in [3.8, 4) is 0 Å². The molecule has 3 fully saturated rings. The van der Waals surface area contributed by atoms with Crippen molar-refractivity contribution in [3.63, 3.8) is 0 Å². The Kier molecular flexibility index (Phi) is 5.11. The first-order chi connectivity index (χ1) is 12.3. The van der Waals surface area contributed by atoms with Crippen LogP contribution in [0.3, 0.4) is 0 Å². The van der Waals surface area contributed by atoms with E-state index in [0.717, 1.165) is 58.0 Å². The number of nitrogens with one attached hydrogen (secondary N) is 1. The highest BCUT2D eigenvalue weighted by molar-refractivity contribution is 5.74. The molecule has 1 aliphatic carbocycles. The molecular weight excluding hydrogens is 314 g/mol. The van der Waals surface area contributed by atoms with Gasteiger partial charge in [0, 0.05) is 44.5 Å². The quantitative estimate of drug-likeness (QED) is 0.894. The molecule has 2 saturated heterocycles. The van der Waals surface area contributed by atoms with Crippen LogP contribution in [0.2, 0.25) is 0 Å². The first-order valence-electron chi connectivity index (χ1n) is 9.75. The number of anilines is 1. The van der Waals surface area contributed by atoms with E-state index in [1.165, 1.54) is 18.5 Å². The number of para-hydroxylation sites is 1. The molecule has 4 rings (SSSR count). The summed E-state index contributed by atoms with van der Waals surface area (Å²) in [4.78, 5) is 16.8. The molecule has 1 N–H and O–H groups in total. The summed E-state index contributed by atoms with van der Waals surface area (Å²) in [6.45, 7) is 4.46. The number of piperidine rings is 1. The predicted octanol–water partition coefficient (Wildman–Crippen LogP) is 2.87. The second-order valence-corrected chi connectivity index (χ2v) is 7.68. The molecule has 1 aromatic carbocycles. The number of rotatable bonds is 5. The Hall–Kier alpha value is -1.75. The highest BCUT2D eigenvalue weighted by atomic mass is 16.5. The van der Waals surface area contributed by atoms with Gasteiger partial charge in [-0.05, 0) is 50.2 Å². The molecule has 25 heavy (non-hydrogen) atoms. The summed E-state index contributed by atoms with van der Waals surface area (Å²) in [7, 11) is 0. The van der Waals surface area contributed by atoms with Crippen LogP contribution in [-0.4, -0.2) is 55.9 Å². The highest BCUT2D eigenvalue weighted by Crippen LogP contribution is 2.30. The summed E-state index contributed by atoms with van der Waals surface area (Å²) in [5.41, 5.74) is 1.24. The van der Waals surface area contributed by atoms with Crippen molar-refractivity contribution in [1.29, 1.82) is 0 Å². The van der Waals surface area contributed by atoms with Crippen molar-refractivity contribution in [1.82, 2.24) is 10.2 Å². The molecule has 1 aromatic rings. The normalized spacial score (nSPS) is 24.6. The molecule has 1 saturated carbocycles. The number of nitrogens with zero attached hydrogens (tertiary/aromatic N) is 2. The van der Waals surface area contributed by atoms with Gasteiger partial charge in [-0.25, -0.2) is 4.79 Å². The Morgan fingerprint density at radius 3 is 2.52 bits per heavy atom. The first kappa shape index (κ1) is 16.7. The molecule has 0 bridgehead atoms. The molecule has 5 heteroatoms. The zero-order valence-electron chi connectivity index (χ0n) is 14.9. The van der Waals surface area contributed by atoms with E-state index in [2.05, 4.69) is 34.5 Å². The number of benzene rings is 1. The molecule has 1 atom stereocenters. The van der Waals surface area contributed by atoms with Crippen molar-refractivity contribution in [2.45, 2.75) is 44.2 Å². The van der Waals surface area contributed by atoms with Crippen LogP contribution in [0.25, 0.3) is 0 Å². The molecule has 0 spiro atoms. The highest BCUT2D eigenvalue weighted by Gasteiger charge is 2.29. The summed E-state index contributed by atoms with van der Waals surface area (Å²) in [6, 6.07) is 10.8. The van der Waals surface area contributed by atoms with Gasteiger partial charge in [-0.15, -0.1) is 0 Å². The smallest absolute Gasteiger partial charge is 0.317 e. The maximum absolute atomic E-state index is 12.5. The van der Waals surface area contributed by atoms with Gasteiger partial charge in [0.05, 0.1) is 6.10 Å². The second-order valence-electron chi connectivity index (χ2n) is 7.68. The molecule has 2 aliphatic heterocycles. The van der Waals surface area contributed by atoms with E-state index in [9.17, 15) is 4.79 Å². The van der Waals surface area contributed by atoms with Crippen LogP contribution in [-0.2, 0) is 4.74 Å². The van der Waals surface area contributed by atoms with Gasteiger partial charge in [-0.2, -0.15) is 0 Å². The molecule has 2 heterocycles. The third-order valence-electron chi connectivity index (χ3n) is 5.63. The average molecular weight is 343 g/mol. The minimum atomic E-state index is 0.0977. The summed E-state index contributed by atoms with van der Waals surface area (Å²) in [5.74, 6) is 0.816. The summed E-state index contributed by atoms with van der Waals surface area (Å²) in [6.07, 6.45) is 5.99. The van der Waals surface area contributed by atoms with E-state index in [4.69, 9.17) is 4.74 Å². The topological polar surface area (TPSA) is 44.8 Å². The molecule has 0 unspecified atom stereocenters. The molecule has 3 aliphatic rings. The monoisotopic (exact) mass is 343 g/mol. The SMILES string of the molecule is O=C(N[C@H]1CCN(c2ccccc2)C1)N1CCC(OCC2CC2)CC1. The number of likely N-dealkylation sites (tertiary alicyclic amines) is 1. The van der Waals surface area contributed by atoms with Gasteiger partial charge in [-0.3, -0.25) is 0 Å². The number of carbonyl (C=O) groups is 1. The van der Waals surface area contributed by atoms with Gasteiger partial charge >= 0.3 is 6.03 Å². The van der Waals surface area contributed by atoms with Crippen molar-refractivity contribution >= 4 is 11.7 Å². The van der Waals surface area contributed by atoms with E-state index in [1.54, 1.807) is 0 Å². The van der Waals surface area contributed by atoms with Crippen LogP contribution in [0, 0.1) is 5.92 Å². The van der Waals surface area contributed by atoms with Crippen LogP contribution in [0.5, 0.6) is 0 Å². The standard InChI is InChI=1S/C20H29N3O2/c24-20(22-12-9-19(10-13-22)25-15-16-6-7-16)21-17-8-11-23(14-17)18-4-2-1-3-5-18/h1-5,16-17,19H,6-15H2,(H,21,24)/t17-/m0/s1. The second kappa shape index (κ2) is 7.65. The van der Waals surface area contributed by atoms with Crippen molar-refractivity contribution in [3.05, 3.63) is 30.3 Å². The lowest BCUT2D eigenvalue weighted by molar-refractivity contribution is 0.00934. The van der Waals surface area contributed by atoms with Crippen LogP contribution >= 0.6 is 0 Å². The van der Waals surface area contributed by atoms with E-state index in [1.807, 2.05) is 11.0 Å². The Balaban J connectivity index is 1.19. The minimum Gasteiger partial charge on any atom is -0.378 e. The number of hydrogen-bond acceptors (Lipinski definition) is 3. The Morgan fingerprint density at radius 2 is 1.80 bits per heavy atom. The largest absolute Gasteiger partial charge is 0.378 e. The molecule has 0 aromatic heterocycles. The zero-order valence-corrected chi connectivity index (χ0v) is 14.9. The van der Waals surface area contributed by atoms with E-state index < -0.39 is 0 Å². The predicted molar refractivity (Wildman–Crippen MR) is 98.9 cm³/mol. The molecular formula is C20H29N3O2. The van der Waals surface area contributed by atoms with Crippen molar-refractivity contribution in [2.75, 3.05) is 37.7 Å². The third kappa shape index (κ3) is 4.46. The van der Waals surface area contributed by atoms with Gasteiger partial charge in [0.1, 0.15) is 0 Å². The van der Waals surface area contributed by atoms with Gasteiger partial charge in [0.15, 0.2) is 0 Å². The number of amides is 2. The van der Waals surface area contributed by atoms with E-state index in [-0.39, 0.29) is 12.1 Å². The molecule has 5 nitrogen and oxygen atoms in total. The van der Waals surface area contributed by atoms with Gasteiger partial charge in [0.2, 0.25) is 0 Å².